The average Bonchev–Trinajstić information content (AvgIpc) is 3.22. The van der Waals surface area contributed by atoms with E-state index in [2.05, 4.69) is 5.10 Å². The number of ether oxygens (including phenoxy) is 1. The molecule has 7 nitrogen and oxygen atoms in total. The summed E-state index contributed by atoms with van der Waals surface area (Å²) in [6, 6.07) is 6.59. The summed E-state index contributed by atoms with van der Waals surface area (Å²) >= 11 is 0. The van der Waals surface area contributed by atoms with Crippen molar-refractivity contribution < 1.29 is 14.3 Å². The van der Waals surface area contributed by atoms with Crippen LogP contribution in [0.2, 0.25) is 0 Å². The maximum absolute atomic E-state index is 12.5. The molecule has 0 spiro atoms. The molecule has 1 aromatic carbocycles. The molecule has 0 radical (unpaired) electrons. The third-order valence-electron chi connectivity index (χ3n) is 4.36. The number of benzene rings is 1. The zero-order valence-corrected chi connectivity index (χ0v) is 14.2. The molecule has 2 heterocycles. The van der Waals surface area contributed by atoms with Crippen molar-refractivity contribution in [3.05, 3.63) is 47.8 Å². The van der Waals surface area contributed by atoms with Crippen molar-refractivity contribution >= 4 is 11.8 Å². The Kier molecular flexibility index (Phi) is 5.02. The van der Waals surface area contributed by atoms with Crippen LogP contribution >= 0.6 is 0 Å². The first-order valence-electron chi connectivity index (χ1n) is 8.34. The molecule has 2 amide bonds. The minimum Gasteiger partial charge on any atom is -0.484 e. The van der Waals surface area contributed by atoms with E-state index in [1.807, 2.05) is 28.9 Å². The predicted molar refractivity (Wildman–Crippen MR) is 92.2 cm³/mol. The Morgan fingerprint density at radius 3 is 2.72 bits per heavy atom. The Hall–Kier alpha value is -2.83. The van der Waals surface area contributed by atoms with Crippen LogP contribution in [0.3, 0.4) is 0 Å². The molecule has 25 heavy (non-hydrogen) atoms. The molecular weight excluding hydrogens is 320 g/mol. The van der Waals surface area contributed by atoms with Crippen LogP contribution in [0.5, 0.6) is 5.75 Å². The van der Waals surface area contributed by atoms with Gasteiger partial charge in [-0.25, -0.2) is 0 Å². The van der Waals surface area contributed by atoms with Gasteiger partial charge in [-0.3, -0.25) is 14.3 Å². The van der Waals surface area contributed by atoms with Crippen LogP contribution in [-0.2, 0) is 11.3 Å². The van der Waals surface area contributed by atoms with Crippen molar-refractivity contribution in [1.82, 2.24) is 14.7 Å². The molecule has 0 saturated carbocycles. The van der Waals surface area contributed by atoms with Crippen LogP contribution in [0.15, 0.2) is 36.7 Å². The second kappa shape index (κ2) is 7.38. The SMILES string of the molecule is Cc1cnn(C[C@@H]2CCCN2C(=O)COc2ccc(C(N)=O)cc2)c1. The Morgan fingerprint density at radius 1 is 1.32 bits per heavy atom. The third kappa shape index (κ3) is 4.17. The van der Waals surface area contributed by atoms with Crippen LogP contribution in [0.1, 0.15) is 28.8 Å². The number of carbonyl (C=O) groups is 2. The van der Waals surface area contributed by atoms with Crippen molar-refractivity contribution in [2.45, 2.75) is 32.4 Å². The highest BCUT2D eigenvalue weighted by atomic mass is 16.5. The number of nitrogens with two attached hydrogens (primary N) is 1. The van der Waals surface area contributed by atoms with E-state index in [-0.39, 0.29) is 18.6 Å². The van der Waals surface area contributed by atoms with Crippen LogP contribution in [0, 0.1) is 6.92 Å². The largest absolute Gasteiger partial charge is 0.484 e. The minimum atomic E-state index is -0.489. The smallest absolute Gasteiger partial charge is 0.260 e. The molecule has 2 aromatic rings. The molecule has 0 unspecified atom stereocenters. The van der Waals surface area contributed by atoms with Gasteiger partial charge in [0.15, 0.2) is 6.61 Å². The number of amides is 2. The predicted octanol–water partition coefficient (Wildman–Crippen LogP) is 1.36. The molecule has 0 bridgehead atoms. The van der Waals surface area contributed by atoms with Crippen molar-refractivity contribution in [1.29, 1.82) is 0 Å². The normalized spacial score (nSPS) is 16.8. The van der Waals surface area contributed by atoms with Gasteiger partial charge in [-0.2, -0.15) is 5.10 Å². The fourth-order valence-electron chi connectivity index (χ4n) is 3.08. The number of nitrogens with zero attached hydrogens (tertiary/aromatic N) is 3. The van der Waals surface area contributed by atoms with E-state index in [0.717, 1.165) is 24.9 Å². The number of likely N-dealkylation sites (tertiary alicyclic amines) is 1. The van der Waals surface area contributed by atoms with Crippen LogP contribution in [0.4, 0.5) is 0 Å². The van der Waals surface area contributed by atoms with Gasteiger partial charge < -0.3 is 15.4 Å². The van der Waals surface area contributed by atoms with Gasteiger partial charge in [0.1, 0.15) is 5.75 Å². The van der Waals surface area contributed by atoms with Crippen LogP contribution in [-0.4, -0.2) is 45.7 Å². The maximum Gasteiger partial charge on any atom is 0.260 e. The van der Waals surface area contributed by atoms with E-state index in [4.69, 9.17) is 10.5 Å². The van der Waals surface area contributed by atoms with Crippen molar-refractivity contribution in [2.75, 3.05) is 13.2 Å². The van der Waals surface area contributed by atoms with Gasteiger partial charge in [-0.05, 0) is 49.6 Å². The topological polar surface area (TPSA) is 90.4 Å². The summed E-state index contributed by atoms with van der Waals surface area (Å²) in [5.74, 6) is 0.0125. The van der Waals surface area contributed by atoms with E-state index >= 15 is 0 Å². The summed E-state index contributed by atoms with van der Waals surface area (Å²) < 4.78 is 7.44. The number of carbonyl (C=O) groups excluding carboxylic acids is 2. The Morgan fingerprint density at radius 2 is 2.08 bits per heavy atom. The second-order valence-corrected chi connectivity index (χ2v) is 6.30. The summed E-state index contributed by atoms with van der Waals surface area (Å²) in [5.41, 5.74) is 6.72. The molecule has 1 saturated heterocycles. The monoisotopic (exact) mass is 342 g/mol. The average molecular weight is 342 g/mol. The lowest BCUT2D eigenvalue weighted by atomic mass is 10.2. The summed E-state index contributed by atoms with van der Waals surface area (Å²) in [6.45, 7) is 3.42. The first kappa shape index (κ1) is 17.0. The maximum atomic E-state index is 12.5. The summed E-state index contributed by atoms with van der Waals surface area (Å²) in [7, 11) is 0. The van der Waals surface area contributed by atoms with E-state index in [1.54, 1.807) is 24.3 Å². The lowest BCUT2D eigenvalue weighted by Gasteiger charge is -2.24. The molecule has 1 aliphatic heterocycles. The van der Waals surface area contributed by atoms with Crippen molar-refractivity contribution in [2.24, 2.45) is 5.73 Å². The first-order chi connectivity index (χ1) is 12.0. The zero-order valence-electron chi connectivity index (χ0n) is 14.2. The van der Waals surface area contributed by atoms with Crippen molar-refractivity contribution in [3.63, 3.8) is 0 Å². The minimum absolute atomic E-state index is 0.0233. The highest BCUT2D eigenvalue weighted by Gasteiger charge is 2.29. The van der Waals surface area contributed by atoms with Gasteiger partial charge in [0.2, 0.25) is 5.91 Å². The lowest BCUT2D eigenvalue weighted by Crippen LogP contribution is -2.40. The fraction of sp³-hybridized carbons (Fsp3) is 0.389. The summed E-state index contributed by atoms with van der Waals surface area (Å²) in [4.78, 5) is 25.4. The third-order valence-corrected chi connectivity index (χ3v) is 4.36. The number of aryl methyl sites for hydroxylation is 1. The molecule has 1 fully saturated rings. The van der Waals surface area contributed by atoms with E-state index in [9.17, 15) is 9.59 Å². The quantitative estimate of drug-likeness (QED) is 0.858. The molecule has 1 atom stereocenters. The number of aromatic nitrogens is 2. The highest BCUT2D eigenvalue weighted by molar-refractivity contribution is 5.92. The molecule has 132 valence electrons. The first-order valence-corrected chi connectivity index (χ1v) is 8.34. The Balaban J connectivity index is 1.55. The summed E-state index contributed by atoms with van der Waals surface area (Å²) in [6.07, 6.45) is 5.76. The molecule has 7 heteroatoms. The van der Waals surface area contributed by atoms with E-state index in [1.165, 1.54) is 0 Å². The highest BCUT2D eigenvalue weighted by Crippen LogP contribution is 2.20. The van der Waals surface area contributed by atoms with E-state index < -0.39 is 5.91 Å². The van der Waals surface area contributed by atoms with Gasteiger partial charge in [-0.1, -0.05) is 0 Å². The van der Waals surface area contributed by atoms with Crippen LogP contribution < -0.4 is 10.5 Å². The number of rotatable bonds is 6. The van der Waals surface area contributed by atoms with Gasteiger partial charge in [0, 0.05) is 18.3 Å². The molecule has 1 aliphatic rings. The molecular formula is C18H22N4O3. The number of primary amides is 1. The molecule has 1 aromatic heterocycles. The van der Waals surface area contributed by atoms with Crippen LogP contribution in [0.25, 0.3) is 0 Å². The molecule has 3 rings (SSSR count). The van der Waals surface area contributed by atoms with Gasteiger partial charge >= 0.3 is 0 Å². The zero-order chi connectivity index (χ0) is 17.8. The number of hydrogen-bond donors (Lipinski definition) is 1. The van der Waals surface area contributed by atoms with Gasteiger partial charge in [-0.15, -0.1) is 0 Å². The second-order valence-electron chi connectivity index (χ2n) is 6.30. The van der Waals surface area contributed by atoms with E-state index in [0.29, 0.717) is 17.9 Å². The lowest BCUT2D eigenvalue weighted by molar-refractivity contribution is -0.134. The summed E-state index contributed by atoms with van der Waals surface area (Å²) in [5, 5.41) is 4.30. The Bertz CT molecular complexity index is 754. The Labute approximate surface area is 146 Å². The molecule has 2 N–H and O–H groups in total. The number of hydrogen-bond acceptors (Lipinski definition) is 4. The van der Waals surface area contributed by atoms with Gasteiger partial charge in [0.25, 0.3) is 5.91 Å². The van der Waals surface area contributed by atoms with Gasteiger partial charge in [0.05, 0.1) is 18.8 Å². The standard InChI is InChI=1S/C18H22N4O3/c1-13-9-20-21(10-13)11-15-3-2-8-22(15)17(23)12-25-16-6-4-14(5-7-16)18(19)24/h4-7,9-10,15H,2-3,8,11-12H2,1H3,(H2,19,24)/t15-/m0/s1. The molecule has 0 aliphatic carbocycles. The van der Waals surface area contributed by atoms with Crippen molar-refractivity contribution in [3.8, 4) is 5.75 Å². The fourth-order valence-corrected chi connectivity index (χ4v) is 3.08.